The van der Waals surface area contributed by atoms with Crippen LogP contribution in [-0.4, -0.2) is 32.1 Å². The summed E-state index contributed by atoms with van der Waals surface area (Å²) < 4.78 is 18.0. The Morgan fingerprint density at radius 1 is 1.23 bits per heavy atom. The first-order chi connectivity index (χ1) is 15.1. The van der Waals surface area contributed by atoms with Gasteiger partial charge in [-0.1, -0.05) is 18.2 Å². The van der Waals surface area contributed by atoms with Crippen molar-refractivity contribution < 1.29 is 9.50 Å². The summed E-state index contributed by atoms with van der Waals surface area (Å²) in [5, 5.41) is 12.8. The van der Waals surface area contributed by atoms with Gasteiger partial charge in [0.1, 0.15) is 22.9 Å². The number of aromatic nitrogens is 3. The van der Waals surface area contributed by atoms with Crippen molar-refractivity contribution in [3.63, 3.8) is 0 Å². The maximum Gasteiger partial charge on any atom is 0.156 e. The molecule has 4 aromatic rings. The number of hydrogen-bond donors (Lipinski definition) is 2. The molecule has 0 saturated heterocycles. The molecule has 3 N–H and O–H groups in total. The number of imidazole rings is 1. The van der Waals surface area contributed by atoms with Crippen LogP contribution in [0.1, 0.15) is 30.1 Å². The molecule has 4 heterocycles. The highest BCUT2D eigenvalue weighted by Crippen LogP contribution is 2.43. The number of halogens is 1. The van der Waals surface area contributed by atoms with Crippen LogP contribution in [0.15, 0.2) is 48.1 Å². The van der Waals surface area contributed by atoms with Gasteiger partial charge in [0.2, 0.25) is 0 Å². The van der Waals surface area contributed by atoms with E-state index in [1.54, 1.807) is 29.8 Å². The van der Waals surface area contributed by atoms with Crippen molar-refractivity contribution in [2.24, 2.45) is 0 Å². The number of hydrogen-bond acceptors (Lipinski definition) is 6. The highest BCUT2D eigenvalue weighted by atomic mass is 32.1. The molecule has 1 aliphatic heterocycles. The molecule has 8 heteroatoms. The molecule has 1 aromatic carbocycles. The van der Waals surface area contributed by atoms with Gasteiger partial charge in [0.15, 0.2) is 5.82 Å². The Bertz CT molecular complexity index is 1320. The number of rotatable bonds is 3. The Kier molecular flexibility index (Phi) is 4.12. The van der Waals surface area contributed by atoms with Crippen LogP contribution in [0, 0.1) is 5.82 Å². The van der Waals surface area contributed by atoms with Crippen LogP contribution in [0.25, 0.3) is 22.9 Å². The van der Waals surface area contributed by atoms with Gasteiger partial charge in [-0.3, -0.25) is 4.40 Å². The van der Waals surface area contributed by atoms with E-state index in [4.69, 9.17) is 10.7 Å². The average molecular weight is 434 g/mol. The smallest absolute Gasteiger partial charge is 0.156 e. The number of nitrogens with zero attached hydrogens (tertiary/aromatic N) is 4. The number of nitrogens with two attached hydrogens (primary N) is 1. The molecule has 0 amide bonds. The third-order valence-corrected chi connectivity index (χ3v) is 7.01. The quantitative estimate of drug-likeness (QED) is 0.494. The number of thiophene rings is 1. The zero-order valence-corrected chi connectivity index (χ0v) is 17.4. The van der Waals surface area contributed by atoms with E-state index < -0.39 is 0 Å². The van der Waals surface area contributed by atoms with Crippen molar-refractivity contribution in [1.82, 2.24) is 14.4 Å². The van der Waals surface area contributed by atoms with Crippen LogP contribution >= 0.6 is 11.3 Å². The molecule has 3 aromatic heterocycles. The van der Waals surface area contributed by atoms with E-state index in [-0.39, 0.29) is 17.8 Å². The minimum Gasteiger partial charge on any atom is -0.393 e. The molecular formula is C23H20FN5OS. The van der Waals surface area contributed by atoms with Gasteiger partial charge in [-0.25, -0.2) is 14.4 Å². The minimum absolute atomic E-state index is 0.115. The lowest BCUT2D eigenvalue weighted by Gasteiger charge is -2.30. The molecule has 1 saturated carbocycles. The summed E-state index contributed by atoms with van der Waals surface area (Å²) in [6.45, 7) is 0.604. The van der Waals surface area contributed by atoms with Crippen molar-refractivity contribution in [2.45, 2.75) is 24.9 Å². The molecule has 6 nitrogen and oxygen atoms in total. The number of fused-ring (bicyclic) bond motifs is 2. The van der Waals surface area contributed by atoms with Gasteiger partial charge >= 0.3 is 0 Å². The molecule has 1 fully saturated rings. The average Bonchev–Trinajstić information content (AvgIpc) is 3.40. The molecule has 0 spiro atoms. The Morgan fingerprint density at radius 3 is 2.87 bits per heavy atom. The molecule has 1 aliphatic carbocycles. The van der Waals surface area contributed by atoms with E-state index in [1.807, 2.05) is 45.0 Å². The van der Waals surface area contributed by atoms with E-state index in [1.165, 1.54) is 0 Å². The molecule has 156 valence electrons. The van der Waals surface area contributed by atoms with Gasteiger partial charge in [0.05, 0.1) is 16.8 Å². The highest BCUT2D eigenvalue weighted by molar-refractivity contribution is 7.14. The number of aliphatic hydroxyl groups excluding tert-OH is 1. The van der Waals surface area contributed by atoms with Crippen LogP contribution in [-0.2, 0) is 0 Å². The number of aliphatic hydroxyl groups is 1. The molecular weight excluding hydrogens is 413 g/mol. The standard InChI is InChI=1S/C23H20FN5OS/c24-18-16(6-5-13-3-1-8-28(20(13)18)17-4-2-10-31-17)19-21-22(25)26-7-9-29(21)23(27-19)14-11-15(30)12-14/h1-7,9-10,14-15,30H,8,11-12H2,(H2,25,26). The third-order valence-electron chi connectivity index (χ3n) is 6.12. The summed E-state index contributed by atoms with van der Waals surface area (Å²) in [7, 11) is 0. The van der Waals surface area contributed by atoms with E-state index >= 15 is 4.39 Å². The van der Waals surface area contributed by atoms with E-state index in [2.05, 4.69) is 4.98 Å². The van der Waals surface area contributed by atoms with Crippen molar-refractivity contribution in [3.8, 4) is 11.3 Å². The fourth-order valence-electron chi connectivity index (χ4n) is 4.53. The summed E-state index contributed by atoms with van der Waals surface area (Å²) in [5.74, 6) is 0.891. The molecule has 31 heavy (non-hydrogen) atoms. The lowest BCUT2D eigenvalue weighted by molar-refractivity contribution is 0.0715. The lowest BCUT2D eigenvalue weighted by Crippen LogP contribution is -2.27. The number of benzene rings is 1. The first kappa shape index (κ1) is 18.5. The molecule has 0 atom stereocenters. The molecule has 2 aliphatic rings. The van der Waals surface area contributed by atoms with E-state index in [0.29, 0.717) is 47.7 Å². The maximum atomic E-state index is 16.1. The number of nitrogen functional groups attached to an aromatic ring is 1. The largest absolute Gasteiger partial charge is 0.393 e. The predicted molar refractivity (Wildman–Crippen MR) is 121 cm³/mol. The second kappa shape index (κ2) is 6.90. The summed E-state index contributed by atoms with van der Waals surface area (Å²) in [4.78, 5) is 11.0. The van der Waals surface area contributed by atoms with E-state index in [9.17, 15) is 5.11 Å². The maximum absolute atomic E-state index is 16.1. The second-order valence-corrected chi connectivity index (χ2v) is 8.93. The molecule has 0 radical (unpaired) electrons. The Hall–Kier alpha value is -3.23. The van der Waals surface area contributed by atoms with Gasteiger partial charge in [0.25, 0.3) is 0 Å². The number of anilines is 3. The summed E-state index contributed by atoms with van der Waals surface area (Å²) in [6.07, 6.45) is 8.39. The van der Waals surface area contributed by atoms with Gasteiger partial charge in [0, 0.05) is 36.0 Å². The first-order valence-electron chi connectivity index (χ1n) is 10.2. The van der Waals surface area contributed by atoms with Crippen LogP contribution in [0.3, 0.4) is 0 Å². The fraction of sp³-hybridized carbons (Fsp3) is 0.217. The van der Waals surface area contributed by atoms with Gasteiger partial charge in [-0.15, -0.1) is 11.3 Å². The van der Waals surface area contributed by atoms with Crippen LogP contribution in [0.2, 0.25) is 0 Å². The van der Waals surface area contributed by atoms with Gasteiger partial charge < -0.3 is 15.7 Å². The lowest BCUT2D eigenvalue weighted by atomic mass is 9.82. The van der Waals surface area contributed by atoms with Gasteiger partial charge in [-0.05, 0) is 36.4 Å². The topological polar surface area (TPSA) is 79.7 Å². The Labute approximate surface area is 182 Å². The highest BCUT2D eigenvalue weighted by Gasteiger charge is 2.34. The first-order valence-corrected chi connectivity index (χ1v) is 11.1. The molecule has 0 bridgehead atoms. The monoisotopic (exact) mass is 433 g/mol. The summed E-state index contributed by atoms with van der Waals surface area (Å²) in [6, 6.07) is 7.65. The van der Waals surface area contributed by atoms with Crippen LogP contribution in [0.4, 0.5) is 20.9 Å². The Balaban J connectivity index is 1.56. The van der Waals surface area contributed by atoms with Crippen molar-refractivity contribution in [2.75, 3.05) is 17.2 Å². The predicted octanol–water partition coefficient (Wildman–Crippen LogP) is 4.58. The zero-order valence-electron chi connectivity index (χ0n) is 16.6. The Morgan fingerprint density at radius 2 is 2.10 bits per heavy atom. The normalized spacial score (nSPS) is 20.1. The molecule has 0 unspecified atom stereocenters. The SMILES string of the molecule is Nc1nccn2c(C3CC(O)C3)nc(-c3ccc4c(c3F)N(c3cccs3)CC=C4)c12. The minimum atomic E-state index is -0.321. The van der Waals surface area contributed by atoms with E-state index in [0.717, 1.165) is 16.4 Å². The van der Waals surface area contributed by atoms with Crippen LogP contribution < -0.4 is 10.6 Å². The van der Waals surface area contributed by atoms with Crippen molar-refractivity contribution in [1.29, 1.82) is 0 Å². The third kappa shape index (κ3) is 2.79. The summed E-state index contributed by atoms with van der Waals surface area (Å²) in [5.41, 5.74) is 9.10. The second-order valence-electron chi connectivity index (χ2n) is 8.00. The summed E-state index contributed by atoms with van der Waals surface area (Å²) >= 11 is 1.58. The van der Waals surface area contributed by atoms with Crippen molar-refractivity contribution >= 4 is 39.4 Å². The van der Waals surface area contributed by atoms with Crippen LogP contribution in [0.5, 0.6) is 0 Å². The molecule has 6 rings (SSSR count). The zero-order chi connectivity index (χ0) is 21.1. The van der Waals surface area contributed by atoms with Crippen molar-refractivity contribution in [3.05, 3.63) is 65.3 Å². The fourth-order valence-corrected chi connectivity index (χ4v) is 5.28. The van der Waals surface area contributed by atoms with Gasteiger partial charge in [-0.2, -0.15) is 0 Å².